The number of halogens is 1. The molecule has 0 saturated heterocycles. The van der Waals surface area contributed by atoms with E-state index in [1.807, 2.05) is 11.8 Å². The van der Waals surface area contributed by atoms with Crippen molar-refractivity contribution < 1.29 is 0 Å². The first kappa shape index (κ1) is 6.04. The summed E-state index contributed by atoms with van der Waals surface area (Å²) in [5.41, 5.74) is 1.42. The van der Waals surface area contributed by atoms with Crippen LogP contribution in [0.25, 0.3) is 0 Å². The maximum atomic E-state index is 2.43. The van der Waals surface area contributed by atoms with E-state index in [4.69, 9.17) is 0 Å². The Bertz CT molecular complexity index is 225. The average Bonchev–Trinajstić information content (AvgIpc) is 2.22. The van der Waals surface area contributed by atoms with Crippen LogP contribution in [-0.2, 0) is 0 Å². The van der Waals surface area contributed by atoms with Gasteiger partial charge in [-0.15, -0.1) is 11.8 Å². The Balaban J connectivity index is 2.40. The summed E-state index contributed by atoms with van der Waals surface area (Å²) in [5, 5.41) is 0. The van der Waals surface area contributed by atoms with Gasteiger partial charge in [0, 0.05) is 4.91 Å². The van der Waals surface area contributed by atoms with E-state index in [2.05, 4.69) is 46.9 Å². The highest BCUT2D eigenvalue weighted by molar-refractivity contribution is 14.1. The van der Waals surface area contributed by atoms with E-state index in [-0.39, 0.29) is 0 Å². The Hall–Kier alpha value is 0.300. The van der Waals surface area contributed by atoms with Crippen LogP contribution in [-0.4, -0.2) is 3.26 Å². The molecule has 0 aromatic carbocycles. The minimum absolute atomic E-state index is 0.661. The first-order valence-corrected chi connectivity index (χ1v) is 4.90. The number of fused-ring (bicyclic) bond motifs is 1. The van der Waals surface area contributed by atoms with Crippen LogP contribution in [0.1, 0.15) is 0 Å². The fourth-order valence-corrected chi connectivity index (χ4v) is 3.05. The van der Waals surface area contributed by atoms with Gasteiger partial charge in [-0.1, -0.05) is 40.8 Å². The van der Waals surface area contributed by atoms with Crippen molar-refractivity contribution in [3.05, 3.63) is 34.8 Å². The summed E-state index contributed by atoms with van der Waals surface area (Å²) in [6.45, 7) is 0. The molecule has 0 radical (unpaired) electrons. The van der Waals surface area contributed by atoms with Gasteiger partial charge in [0.05, 0.1) is 3.26 Å². The number of hydrogen-bond acceptors (Lipinski definition) is 1. The third kappa shape index (κ3) is 0.984. The van der Waals surface area contributed by atoms with Gasteiger partial charge in [0.2, 0.25) is 0 Å². The molecule has 0 aromatic rings. The van der Waals surface area contributed by atoms with E-state index in [9.17, 15) is 0 Å². The van der Waals surface area contributed by atoms with Gasteiger partial charge < -0.3 is 0 Å². The van der Waals surface area contributed by atoms with E-state index in [0.29, 0.717) is 3.26 Å². The minimum Gasteiger partial charge on any atom is -0.107 e. The van der Waals surface area contributed by atoms with Crippen molar-refractivity contribution in [3.63, 3.8) is 0 Å². The summed E-state index contributed by atoms with van der Waals surface area (Å²) in [6, 6.07) is 0. The number of alkyl halides is 1. The van der Waals surface area contributed by atoms with Crippen molar-refractivity contribution in [3.8, 4) is 0 Å². The predicted molar refractivity (Wildman–Crippen MR) is 50.7 cm³/mol. The van der Waals surface area contributed by atoms with Gasteiger partial charge in [0.25, 0.3) is 0 Å². The molecule has 1 atom stereocenters. The molecule has 0 saturated carbocycles. The third-order valence-corrected chi connectivity index (χ3v) is 3.47. The number of hydrogen-bond donors (Lipinski definition) is 0. The summed E-state index contributed by atoms with van der Waals surface area (Å²) < 4.78 is 0.661. The molecular weight excluding hydrogens is 243 g/mol. The molecule has 1 heterocycles. The Labute approximate surface area is 72.2 Å². The van der Waals surface area contributed by atoms with Crippen molar-refractivity contribution in [1.29, 1.82) is 0 Å². The second kappa shape index (κ2) is 2.16. The first-order valence-electron chi connectivity index (χ1n) is 2.77. The number of allylic oxidation sites excluding steroid dienone is 4. The average molecular weight is 248 g/mol. The monoisotopic (exact) mass is 248 g/mol. The summed E-state index contributed by atoms with van der Waals surface area (Å²) in [5.74, 6) is 0. The lowest BCUT2D eigenvalue weighted by Gasteiger charge is -1.92. The predicted octanol–water partition coefficient (Wildman–Crippen LogP) is 2.87. The Morgan fingerprint density at radius 3 is 3.22 bits per heavy atom. The molecule has 2 heteroatoms. The number of thioether (sulfide) groups is 1. The molecule has 46 valence electrons. The maximum Gasteiger partial charge on any atom is 0.0800 e. The van der Waals surface area contributed by atoms with E-state index < -0.39 is 0 Å². The highest BCUT2D eigenvalue weighted by Gasteiger charge is 2.18. The van der Waals surface area contributed by atoms with Crippen LogP contribution < -0.4 is 0 Å². The molecule has 0 spiro atoms. The van der Waals surface area contributed by atoms with Crippen LogP contribution in [0.2, 0.25) is 0 Å². The lowest BCUT2D eigenvalue weighted by Crippen LogP contribution is -1.72. The van der Waals surface area contributed by atoms with Crippen molar-refractivity contribution in [2.45, 2.75) is 3.26 Å². The van der Waals surface area contributed by atoms with E-state index >= 15 is 0 Å². The molecule has 1 aliphatic carbocycles. The normalized spacial score (nSPS) is 30.1. The second-order valence-corrected chi connectivity index (χ2v) is 5.35. The van der Waals surface area contributed by atoms with Crippen LogP contribution in [0.4, 0.5) is 0 Å². The molecule has 0 amide bonds. The topological polar surface area (TPSA) is 0 Å². The van der Waals surface area contributed by atoms with Gasteiger partial charge in [-0.25, -0.2) is 0 Å². The molecule has 1 aliphatic heterocycles. The molecule has 0 N–H and O–H groups in total. The van der Waals surface area contributed by atoms with E-state index in [1.165, 1.54) is 10.5 Å². The quantitative estimate of drug-likeness (QED) is 0.469. The Morgan fingerprint density at radius 2 is 2.44 bits per heavy atom. The summed E-state index contributed by atoms with van der Waals surface area (Å²) in [7, 11) is 0. The largest absolute Gasteiger partial charge is 0.107 e. The fourth-order valence-electron chi connectivity index (χ4n) is 0.959. The van der Waals surface area contributed by atoms with Crippen molar-refractivity contribution in [1.82, 2.24) is 0 Å². The maximum absolute atomic E-state index is 2.43. The SMILES string of the molecule is IC1C=C2C=CC=C2S1. The zero-order valence-electron chi connectivity index (χ0n) is 4.67. The van der Waals surface area contributed by atoms with Crippen molar-refractivity contribution >= 4 is 34.4 Å². The summed E-state index contributed by atoms with van der Waals surface area (Å²) >= 11 is 4.36. The molecular formula is C7H5IS. The van der Waals surface area contributed by atoms with E-state index in [0.717, 1.165) is 0 Å². The standard InChI is InChI=1S/C7H5IS/c8-7-4-5-2-1-3-6(5)9-7/h1-4,7H. The van der Waals surface area contributed by atoms with Crippen LogP contribution in [0.3, 0.4) is 0 Å². The number of rotatable bonds is 0. The molecule has 9 heavy (non-hydrogen) atoms. The first-order chi connectivity index (χ1) is 4.36. The highest BCUT2D eigenvalue weighted by atomic mass is 127. The molecule has 1 unspecified atom stereocenters. The molecule has 0 bridgehead atoms. The third-order valence-electron chi connectivity index (χ3n) is 1.36. The van der Waals surface area contributed by atoms with Gasteiger partial charge >= 0.3 is 0 Å². The van der Waals surface area contributed by atoms with Crippen LogP contribution >= 0.6 is 34.4 Å². The highest BCUT2D eigenvalue weighted by Crippen LogP contribution is 2.42. The molecule has 2 aliphatic rings. The Kier molecular flexibility index (Phi) is 1.45. The van der Waals surface area contributed by atoms with Gasteiger partial charge in [-0.3, -0.25) is 0 Å². The Morgan fingerprint density at radius 1 is 1.56 bits per heavy atom. The van der Waals surface area contributed by atoms with E-state index in [1.54, 1.807) is 0 Å². The smallest absolute Gasteiger partial charge is 0.0800 e. The lowest BCUT2D eigenvalue weighted by atomic mass is 10.3. The molecule has 0 nitrogen and oxygen atoms in total. The van der Waals surface area contributed by atoms with Crippen LogP contribution in [0, 0.1) is 0 Å². The van der Waals surface area contributed by atoms with Gasteiger partial charge in [-0.05, 0) is 11.6 Å². The molecule has 0 aromatic heterocycles. The zero-order valence-corrected chi connectivity index (χ0v) is 7.65. The fraction of sp³-hybridized carbons (Fsp3) is 0.143. The van der Waals surface area contributed by atoms with Crippen LogP contribution in [0.5, 0.6) is 0 Å². The second-order valence-electron chi connectivity index (χ2n) is 1.98. The van der Waals surface area contributed by atoms with Crippen molar-refractivity contribution in [2.75, 3.05) is 0 Å². The minimum atomic E-state index is 0.661. The van der Waals surface area contributed by atoms with Gasteiger partial charge in [0.1, 0.15) is 0 Å². The van der Waals surface area contributed by atoms with Gasteiger partial charge in [0.15, 0.2) is 0 Å². The summed E-state index contributed by atoms with van der Waals surface area (Å²) in [6.07, 6.45) is 8.74. The van der Waals surface area contributed by atoms with Crippen molar-refractivity contribution in [2.24, 2.45) is 0 Å². The molecule has 0 fully saturated rings. The zero-order chi connectivity index (χ0) is 6.27. The van der Waals surface area contributed by atoms with Crippen LogP contribution in [0.15, 0.2) is 34.8 Å². The van der Waals surface area contributed by atoms with Gasteiger partial charge in [-0.2, -0.15) is 0 Å². The summed E-state index contributed by atoms with van der Waals surface area (Å²) in [4.78, 5) is 1.44. The lowest BCUT2D eigenvalue weighted by molar-refractivity contribution is 1.67. The molecule has 2 rings (SSSR count).